The van der Waals surface area contributed by atoms with Crippen LogP contribution in [-0.2, 0) is 6.54 Å². The molecule has 0 atom stereocenters. The van der Waals surface area contributed by atoms with E-state index < -0.39 is 9.85 Å². The number of rotatable bonds is 8. The highest BCUT2D eigenvalue weighted by molar-refractivity contribution is 5.85. The van der Waals surface area contributed by atoms with Gasteiger partial charge in [-0.1, -0.05) is 12.1 Å². The lowest BCUT2D eigenvalue weighted by Gasteiger charge is -2.08. The van der Waals surface area contributed by atoms with Gasteiger partial charge in [-0.3, -0.25) is 20.2 Å². The number of nitro benzene ring substituents is 2. The van der Waals surface area contributed by atoms with Crippen LogP contribution in [0.5, 0.6) is 0 Å². The Bertz CT molecular complexity index is 694. The van der Waals surface area contributed by atoms with E-state index in [1.807, 2.05) is 6.07 Å². The van der Waals surface area contributed by atoms with Crippen molar-refractivity contribution in [3.05, 3.63) is 74.3 Å². The number of non-ortho nitro benzene ring substituents is 2. The van der Waals surface area contributed by atoms with Crippen LogP contribution in [0.15, 0.2) is 48.5 Å². The maximum atomic E-state index is 10.7. The second kappa shape index (κ2) is 9.43. The summed E-state index contributed by atoms with van der Waals surface area (Å²) in [4.78, 5) is 20.4. The zero-order valence-corrected chi connectivity index (χ0v) is 13.5. The molecule has 2 aromatic rings. The Labute approximate surface area is 144 Å². The van der Waals surface area contributed by atoms with Gasteiger partial charge in [0, 0.05) is 49.6 Å². The molecule has 0 aliphatic rings. The third-order valence-electron chi connectivity index (χ3n) is 3.16. The van der Waals surface area contributed by atoms with Gasteiger partial charge < -0.3 is 10.6 Å². The molecule has 8 nitrogen and oxygen atoms in total. The third-order valence-corrected chi connectivity index (χ3v) is 3.16. The van der Waals surface area contributed by atoms with E-state index in [1.54, 1.807) is 18.2 Å². The molecule has 0 saturated carbocycles. The smallest absolute Gasteiger partial charge is 0.269 e. The van der Waals surface area contributed by atoms with Gasteiger partial charge in [0.25, 0.3) is 11.4 Å². The Morgan fingerprint density at radius 1 is 0.875 bits per heavy atom. The molecule has 0 aliphatic heterocycles. The van der Waals surface area contributed by atoms with E-state index in [-0.39, 0.29) is 23.8 Å². The molecule has 9 heteroatoms. The molecule has 2 rings (SSSR count). The topological polar surface area (TPSA) is 110 Å². The van der Waals surface area contributed by atoms with E-state index >= 15 is 0 Å². The predicted octanol–water partition coefficient (Wildman–Crippen LogP) is 3.13. The number of hydrogen-bond donors (Lipinski definition) is 2. The van der Waals surface area contributed by atoms with Crippen LogP contribution in [0.2, 0.25) is 0 Å². The molecule has 2 N–H and O–H groups in total. The number of halogens is 1. The van der Waals surface area contributed by atoms with Crippen molar-refractivity contribution in [2.24, 2.45) is 0 Å². The summed E-state index contributed by atoms with van der Waals surface area (Å²) in [5.41, 5.74) is 1.77. The molecule has 0 saturated heterocycles. The SMILES string of the molecule is Cl.O=[N+]([O-])c1ccc(NCCNCc2cccc([N+](=O)[O-])c2)cc1. The van der Waals surface area contributed by atoms with E-state index in [1.165, 1.54) is 24.3 Å². The van der Waals surface area contributed by atoms with Crippen molar-refractivity contribution < 1.29 is 9.85 Å². The van der Waals surface area contributed by atoms with Crippen molar-refractivity contribution in [3.8, 4) is 0 Å². The number of anilines is 1. The second-order valence-corrected chi connectivity index (χ2v) is 4.83. The molecule has 0 fully saturated rings. The minimum absolute atomic E-state index is 0. The first-order valence-corrected chi connectivity index (χ1v) is 6.98. The van der Waals surface area contributed by atoms with Crippen LogP contribution in [0.1, 0.15) is 5.56 Å². The molecule has 128 valence electrons. The fourth-order valence-corrected chi connectivity index (χ4v) is 2.01. The average Bonchev–Trinajstić information content (AvgIpc) is 2.55. The van der Waals surface area contributed by atoms with Gasteiger partial charge >= 0.3 is 0 Å². The van der Waals surface area contributed by atoms with Crippen molar-refractivity contribution in [2.45, 2.75) is 6.54 Å². The van der Waals surface area contributed by atoms with Gasteiger partial charge in [-0.15, -0.1) is 12.4 Å². The summed E-state index contributed by atoms with van der Waals surface area (Å²) in [7, 11) is 0. The fourth-order valence-electron chi connectivity index (χ4n) is 2.01. The molecule has 0 bridgehead atoms. The van der Waals surface area contributed by atoms with Crippen molar-refractivity contribution >= 4 is 29.5 Å². The first kappa shape index (κ1) is 19.3. The molecule has 0 radical (unpaired) electrons. The summed E-state index contributed by atoms with van der Waals surface area (Å²) in [6.07, 6.45) is 0. The van der Waals surface area contributed by atoms with Crippen molar-refractivity contribution in [2.75, 3.05) is 18.4 Å². The number of benzene rings is 2. The minimum Gasteiger partial charge on any atom is -0.384 e. The first-order chi connectivity index (χ1) is 11.1. The van der Waals surface area contributed by atoms with Crippen molar-refractivity contribution in [1.82, 2.24) is 5.32 Å². The molecule has 0 spiro atoms. The highest BCUT2D eigenvalue weighted by atomic mass is 35.5. The lowest BCUT2D eigenvalue weighted by molar-refractivity contribution is -0.385. The van der Waals surface area contributed by atoms with Crippen LogP contribution in [0, 0.1) is 20.2 Å². The van der Waals surface area contributed by atoms with Crippen LogP contribution in [0.25, 0.3) is 0 Å². The minimum atomic E-state index is -0.440. The first-order valence-electron chi connectivity index (χ1n) is 6.98. The van der Waals surface area contributed by atoms with Gasteiger partial charge in [0.15, 0.2) is 0 Å². The number of nitro groups is 2. The molecule has 2 aromatic carbocycles. The van der Waals surface area contributed by atoms with E-state index in [0.717, 1.165) is 11.3 Å². The Balaban J connectivity index is 0.00000288. The van der Waals surface area contributed by atoms with Gasteiger partial charge in [-0.25, -0.2) is 0 Å². The molecule has 0 unspecified atom stereocenters. The summed E-state index contributed by atoms with van der Waals surface area (Å²) in [6, 6.07) is 12.7. The molecule has 0 aliphatic carbocycles. The van der Waals surface area contributed by atoms with Gasteiger partial charge in [0.1, 0.15) is 0 Å². The molecular formula is C15H17ClN4O4. The second-order valence-electron chi connectivity index (χ2n) is 4.83. The van der Waals surface area contributed by atoms with E-state index in [0.29, 0.717) is 19.6 Å². The summed E-state index contributed by atoms with van der Waals surface area (Å²) < 4.78 is 0. The van der Waals surface area contributed by atoms with E-state index in [4.69, 9.17) is 0 Å². The lowest BCUT2D eigenvalue weighted by Crippen LogP contribution is -2.21. The predicted molar refractivity (Wildman–Crippen MR) is 93.6 cm³/mol. The zero-order chi connectivity index (χ0) is 16.7. The molecular weight excluding hydrogens is 336 g/mol. The van der Waals surface area contributed by atoms with E-state index in [9.17, 15) is 20.2 Å². The van der Waals surface area contributed by atoms with Gasteiger partial charge in [-0.05, 0) is 17.7 Å². The summed E-state index contributed by atoms with van der Waals surface area (Å²) in [6.45, 7) is 1.82. The maximum absolute atomic E-state index is 10.7. The molecule has 24 heavy (non-hydrogen) atoms. The molecule has 0 heterocycles. The maximum Gasteiger partial charge on any atom is 0.269 e. The molecule has 0 amide bonds. The van der Waals surface area contributed by atoms with Crippen molar-refractivity contribution in [3.63, 3.8) is 0 Å². The van der Waals surface area contributed by atoms with Crippen LogP contribution in [0.3, 0.4) is 0 Å². The lowest BCUT2D eigenvalue weighted by atomic mass is 10.2. The van der Waals surface area contributed by atoms with Crippen LogP contribution in [0.4, 0.5) is 17.1 Å². The average molecular weight is 353 g/mol. The third kappa shape index (κ3) is 5.82. The summed E-state index contributed by atoms with van der Waals surface area (Å²) in [5, 5.41) is 27.5. The molecule has 0 aromatic heterocycles. The van der Waals surface area contributed by atoms with Crippen LogP contribution in [-0.4, -0.2) is 22.9 Å². The highest BCUT2D eigenvalue weighted by Crippen LogP contribution is 2.15. The standard InChI is InChI=1S/C15H16N4O4.ClH/c20-18(21)14-6-4-13(5-7-14)17-9-8-16-11-12-2-1-3-15(10-12)19(22)23;/h1-7,10,16-17H,8-9,11H2;1H. The monoisotopic (exact) mass is 352 g/mol. The normalized spacial score (nSPS) is 9.83. The highest BCUT2D eigenvalue weighted by Gasteiger charge is 2.05. The quantitative estimate of drug-likeness (QED) is 0.429. The largest absolute Gasteiger partial charge is 0.384 e. The van der Waals surface area contributed by atoms with E-state index in [2.05, 4.69) is 10.6 Å². The number of hydrogen-bond acceptors (Lipinski definition) is 6. The van der Waals surface area contributed by atoms with Crippen LogP contribution >= 0.6 is 12.4 Å². The summed E-state index contributed by atoms with van der Waals surface area (Å²) in [5.74, 6) is 0. The number of nitrogens with one attached hydrogen (secondary N) is 2. The Hall–Kier alpha value is -2.71. The summed E-state index contributed by atoms with van der Waals surface area (Å²) >= 11 is 0. The zero-order valence-electron chi connectivity index (χ0n) is 12.7. The Morgan fingerprint density at radius 3 is 2.17 bits per heavy atom. The van der Waals surface area contributed by atoms with Crippen molar-refractivity contribution in [1.29, 1.82) is 0 Å². The van der Waals surface area contributed by atoms with Gasteiger partial charge in [-0.2, -0.15) is 0 Å². The Morgan fingerprint density at radius 2 is 1.54 bits per heavy atom. The van der Waals surface area contributed by atoms with Gasteiger partial charge in [0.05, 0.1) is 9.85 Å². The van der Waals surface area contributed by atoms with Gasteiger partial charge in [0.2, 0.25) is 0 Å². The Kier molecular flexibility index (Phi) is 7.60. The fraction of sp³-hybridized carbons (Fsp3) is 0.200. The number of nitrogens with zero attached hydrogens (tertiary/aromatic N) is 2. The van der Waals surface area contributed by atoms with Crippen LogP contribution < -0.4 is 10.6 Å².